The molecule has 0 saturated carbocycles. The van der Waals surface area contributed by atoms with Crippen LogP contribution in [0.15, 0.2) is 0 Å². The predicted molar refractivity (Wildman–Crippen MR) is 16.8 cm³/mol. The van der Waals surface area contributed by atoms with Gasteiger partial charge in [0, 0.05) is 0 Å². The molecule has 0 aliphatic carbocycles. The molecule has 1 atom stereocenters. The summed E-state index contributed by atoms with van der Waals surface area (Å²) >= 11 is 4.20. The fraction of sp³-hybridized carbons (Fsp3) is 1.00. The van der Waals surface area contributed by atoms with E-state index in [0.717, 1.165) is 0 Å². The Kier molecular flexibility index (Phi) is 2.32. The summed E-state index contributed by atoms with van der Waals surface area (Å²) in [5.74, 6) is 0. The number of alkyl halides is 4. The van der Waals surface area contributed by atoms with E-state index in [1.807, 2.05) is 0 Å². The second-order valence-electron chi connectivity index (χ2n) is 0.669. The maximum atomic E-state index is 10.8. The van der Waals surface area contributed by atoms with Gasteiger partial charge in [-0.3, -0.25) is 0 Å². The fourth-order valence-electron chi connectivity index (χ4n) is 0. The normalized spacial score (nSPS) is 15.5. The van der Waals surface area contributed by atoms with Gasteiger partial charge in [0.05, 0.1) is 0 Å². The summed E-state index contributed by atoms with van der Waals surface area (Å²) in [4.78, 5) is 0. The zero-order valence-electron chi connectivity index (χ0n) is 2.67. The number of halogens is 4. The molecule has 38 valence electrons. The Morgan fingerprint density at radius 2 is 1.33 bits per heavy atom. The average molecular weight is 118 g/mol. The molecule has 0 aromatic rings. The van der Waals surface area contributed by atoms with E-state index in [1.165, 1.54) is 0 Å². The van der Waals surface area contributed by atoms with Crippen LogP contribution in [-0.2, 0) is 0 Å². The predicted octanol–water partition coefficient (Wildman–Crippen LogP) is 1.79. The summed E-state index contributed by atoms with van der Waals surface area (Å²) in [6.45, 7) is 0. The summed E-state index contributed by atoms with van der Waals surface area (Å²) in [5, 5.41) is 0. The molecule has 0 heterocycles. The van der Waals surface area contributed by atoms with Crippen molar-refractivity contribution in [1.29, 1.82) is 0 Å². The van der Waals surface area contributed by atoms with Crippen LogP contribution in [0.4, 0.5) is 13.2 Å². The second kappa shape index (κ2) is 2.29. The lowest BCUT2D eigenvalue weighted by molar-refractivity contribution is 0.0916. The third kappa shape index (κ3) is 2.33. The molecule has 0 amide bonds. The molecule has 0 bridgehead atoms. The largest absolute Gasteiger partial charge is 0.283 e. The van der Waals surface area contributed by atoms with Crippen LogP contribution in [-0.4, -0.2) is 12.1 Å². The molecule has 0 aromatic heterocycles. The van der Waals surface area contributed by atoms with Crippen molar-refractivity contribution in [3.8, 4) is 0 Å². The highest BCUT2D eigenvalue weighted by atomic mass is 35.5. The Morgan fingerprint density at radius 3 is 1.33 bits per heavy atom. The summed E-state index contributed by atoms with van der Waals surface area (Å²) in [6, 6.07) is 0. The first kappa shape index (κ1) is 6.08. The van der Waals surface area contributed by atoms with Gasteiger partial charge in [-0.15, -0.1) is 0 Å². The van der Waals surface area contributed by atoms with Crippen LogP contribution < -0.4 is 0 Å². The molecular formula is C2H2ClF3. The zero-order valence-corrected chi connectivity index (χ0v) is 3.42. The first-order chi connectivity index (χ1) is 2.64. The van der Waals surface area contributed by atoms with Gasteiger partial charge in [0.15, 0.2) is 0 Å². The van der Waals surface area contributed by atoms with E-state index in [-0.39, 0.29) is 0 Å². The van der Waals surface area contributed by atoms with Crippen LogP contribution in [0.2, 0.25) is 0 Å². The summed E-state index contributed by atoms with van der Waals surface area (Å²) in [5.41, 5.74) is -2.51. The van der Waals surface area contributed by atoms with Gasteiger partial charge in [0.25, 0.3) is 6.43 Å². The standard InChI is InChI=1S/C2H2ClF3/c3-1(4)2(5)6/h1-2H/t1-/m1/s1. The Balaban J connectivity index is 2.99. The van der Waals surface area contributed by atoms with E-state index in [1.54, 1.807) is 0 Å². The highest BCUT2D eigenvalue weighted by Gasteiger charge is 2.13. The molecule has 4 heteroatoms. The van der Waals surface area contributed by atoms with Crippen molar-refractivity contribution in [2.24, 2.45) is 0 Å². The number of hydrogen-bond acceptors (Lipinski definition) is 0. The lowest BCUT2D eigenvalue weighted by atomic mass is 10.8. The van der Waals surface area contributed by atoms with E-state index in [0.29, 0.717) is 0 Å². The molecule has 0 nitrogen and oxygen atoms in total. The molecule has 0 aliphatic rings. The van der Waals surface area contributed by atoms with Gasteiger partial charge in [-0.25, -0.2) is 13.2 Å². The van der Waals surface area contributed by atoms with Gasteiger partial charge in [-0.05, 0) is 0 Å². The number of rotatable bonds is 1. The van der Waals surface area contributed by atoms with Crippen LogP contribution in [0.5, 0.6) is 0 Å². The minimum Gasteiger partial charge on any atom is -0.224 e. The van der Waals surface area contributed by atoms with Crippen LogP contribution in [0.25, 0.3) is 0 Å². The summed E-state index contributed by atoms with van der Waals surface area (Å²) < 4.78 is 32.1. The smallest absolute Gasteiger partial charge is 0.224 e. The van der Waals surface area contributed by atoms with Crippen molar-refractivity contribution in [1.82, 2.24) is 0 Å². The van der Waals surface area contributed by atoms with Crippen LogP contribution in [0.3, 0.4) is 0 Å². The molecule has 0 unspecified atom stereocenters. The molecule has 0 saturated heterocycles. The molecule has 6 heavy (non-hydrogen) atoms. The van der Waals surface area contributed by atoms with Gasteiger partial charge in [-0.1, -0.05) is 11.6 Å². The minimum absolute atomic E-state index is 2.51. The molecule has 0 fully saturated rings. The number of hydrogen-bond donors (Lipinski definition) is 0. The zero-order chi connectivity index (χ0) is 5.15. The van der Waals surface area contributed by atoms with Crippen molar-refractivity contribution in [2.75, 3.05) is 0 Å². The lowest BCUT2D eigenvalue weighted by Crippen LogP contribution is -2.01. The van der Waals surface area contributed by atoms with Gasteiger partial charge in [-0.2, -0.15) is 0 Å². The lowest BCUT2D eigenvalue weighted by Gasteiger charge is -1.90. The monoisotopic (exact) mass is 118 g/mol. The van der Waals surface area contributed by atoms with Gasteiger partial charge in [0.1, 0.15) is 0 Å². The van der Waals surface area contributed by atoms with Crippen molar-refractivity contribution in [2.45, 2.75) is 12.1 Å². The molecule has 0 aromatic carbocycles. The van der Waals surface area contributed by atoms with Crippen LogP contribution >= 0.6 is 11.6 Å². The van der Waals surface area contributed by atoms with Crippen LogP contribution in [0, 0.1) is 0 Å². The third-order valence-corrected chi connectivity index (χ3v) is 0.381. The molecular weight excluding hydrogens is 116 g/mol. The van der Waals surface area contributed by atoms with Crippen molar-refractivity contribution >= 4 is 11.6 Å². The Labute approximate surface area is 37.9 Å². The van der Waals surface area contributed by atoms with Crippen LogP contribution in [0.1, 0.15) is 0 Å². The topological polar surface area (TPSA) is 0 Å². The average Bonchev–Trinajstić information content (AvgIpc) is 1.36. The first-order valence-corrected chi connectivity index (χ1v) is 1.64. The highest BCUT2D eigenvalue weighted by molar-refractivity contribution is 6.19. The van der Waals surface area contributed by atoms with E-state index in [9.17, 15) is 13.2 Å². The van der Waals surface area contributed by atoms with Crippen molar-refractivity contribution in [3.63, 3.8) is 0 Å². The third-order valence-electron chi connectivity index (χ3n) is 0.190. The van der Waals surface area contributed by atoms with Crippen molar-refractivity contribution in [3.05, 3.63) is 0 Å². The Hall–Kier alpha value is 0.0800. The Morgan fingerprint density at radius 1 is 1.17 bits per heavy atom. The molecule has 0 N–H and O–H groups in total. The van der Waals surface area contributed by atoms with Gasteiger partial charge < -0.3 is 0 Å². The molecule has 0 spiro atoms. The maximum absolute atomic E-state index is 10.8. The minimum atomic E-state index is -3.05. The second-order valence-corrected chi connectivity index (χ2v) is 1.09. The maximum Gasteiger partial charge on any atom is 0.283 e. The SMILES string of the molecule is FC(F)[C@@H](F)Cl. The summed E-state index contributed by atoms with van der Waals surface area (Å²) in [6.07, 6.45) is -3.05. The molecule has 0 rings (SSSR count). The molecule has 0 radical (unpaired) electrons. The summed E-state index contributed by atoms with van der Waals surface area (Å²) in [7, 11) is 0. The van der Waals surface area contributed by atoms with Crippen molar-refractivity contribution < 1.29 is 13.2 Å². The quantitative estimate of drug-likeness (QED) is 0.461. The fourth-order valence-corrected chi connectivity index (χ4v) is 0. The Bertz CT molecular complexity index is 29.8. The van der Waals surface area contributed by atoms with E-state index < -0.39 is 12.1 Å². The van der Waals surface area contributed by atoms with Gasteiger partial charge >= 0.3 is 0 Å². The highest BCUT2D eigenvalue weighted by Crippen LogP contribution is 2.07. The van der Waals surface area contributed by atoms with E-state index >= 15 is 0 Å². The van der Waals surface area contributed by atoms with Gasteiger partial charge in [0.2, 0.25) is 5.63 Å². The van der Waals surface area contributed by atoms with E-state index in [4.69, 9.17) is 0 Å². The van der Waals surface area contributed by atoms with E-state index in [2.05, 4.69) is 11.6 Å². The first-order valence-electron chi connectivity index (χ1n) is 1.21. The molecule has 0 aliphatic heterocycles.